The molecule has 1 N–H and O–H groups in total. The van der Waals surface area contributed by atoms with Crippen molar-refractivity contribution in [1.82, 2.24) is 14.9 Å². The lowest BCUT2D eigenvalue weighted by Crippen LogP contribution is -2.22. The minimum Gasteiger partial charge on any atom is -0.368 e. The largest absolute Gasteiger partial charge is 0.368 e. The van der Waals surface area contributed by atoms with Crippen molar-refractivity contribution in [3.05, 3.63) is 17.6 Å². The fourth-order valence-electron chi connectivity index (χ4n) is 2.07. The number of rotatable bonds is 4. The molecule has 1 aromatic heterocycles. The SMILES string of the molecule is CN(C)CCNc1ncnc2c1CCCC2. The summed E-state index contributed by atoms with van der Waals surface area (Å²) < 4.78 is 0. The van der Waals surface area contributed by atoms with Crippen molar-refractivity contribution in [3.63, 3.8) is 0 Å². The third-order valence-electron chi connectivity index (χ3n) is 2.98. The first-order chi connectivity index (χ1) is 7.77. The summed E-state index contributed by atoms with van der Waals surface area (Å²) in [5, 5.41) is 3.41. The zero-order chi connectivity index (χ0) is 11.4. The van der Waals surface area contributed by atoms with Gasteiger partial charge in [-0.15, -0.1) is 0 Å². The van der Waals surface area contributed by atoms with E-state index in [-0.39, 0.29) is 0 Å². The molecule has 0 radical (unpaired) electrons. The monoisotopic (exact) mass is 220 g/mol. The van der Waals surface area contributed by atoms with Crippen LogP contribution in [0.1, 0.15) is 24.1 Å². The number of fused-ring (bicyclic) bond motifs is 1. The Bertz CT molecular complexity index is 349. The molecule has 1 aliphatic rings. The van der Waals surface area contributed by atoms with Crippen molar-refractivity contribution < 1.29 is 0 Å². The molecular formula is C12H20N4. The fourth-order valence-corrected chi connectivity index (χ4v) is 2.07. The number of likely N-dealkylation sites (N-methyl/N-ethyl adjacent to an activating group) is 1. The van der Waals surface area contributed by atoms with Gasteiger partial charge in [0.1, 0.15) is 12.1 Å². The molecule has 1 aromatic rings. The van der Waals surface area contributed by atoms with Gasteiger partial charge >= 0.3 is 0 Å². The molecule has 0 aliphatic heterocycles. The van der Waals surface area contributed by atoms with Crippen LogP contribution in [0.3, 0.4) is 0 Å². The van der Waals surface area contributed by atoms with Crippen molar-refractivity contribution in [2.45, 2.75) is 25.7 Å². The Morgan fingerprint density at radius 2 is 2.06 bits per heavy atom. The summed E-state index contributed by atoms with van der Waals surface area (Å²) >= 11 is 0. The molecule has 2 rings (SSSR count). The normalized spacial score (nSPS) is 14.9. The average Bonchev–Trinajstić information content (AvgIpc) is 2.29. The highest BCUT2D eigenvalue weighted by Crippen LogP contribution is 2.23. The van der Waals surface area contributed by atoms with E-state index in [0.29, 0.717) is 0 Å². The number of anilines is 1. The summed E-state index contributed by atoms with van der Waals surface area (Å²) in [6.07, 6.45) is 6.45. The molecule has 0 atom stereocenters. The molecule has 0 unspecified atom stereocenters. The van der Waals surface area contributed by atoms with E-state index in [1.807, 2.05) is 0 Å². The first kappa shape index (κ1) is 11.3. The van der Waals surface area contributed by atoms with Crippen LogP contribution < -0.4 is 5.32 Å². The van der Waals surface area contributed by atoms with Crippen LogP contribution in [0.15, 0.2) is 6.33 Å². The molecule has 1 aliphatic carbocycles. The molecule has 1 heterocycles. The summed E-state index contributed by atoms with van der Waals surface area (Å²) in [7, 11) is 4.16. The number of aromatic nitrogens is 2. The molecule has 0 bridgehead atoms. The van der Waals surface area contributed by atoms with E-state index < -0.39 is 0 Å². The van der Waals surface area contributed by atoms with Gasteiger partial charge in [0.15, 0.2) is 0 Å². The van der Waals surface area contributed by atoms with E-state index in [0.717, 1.165) is 31.7 Å². The predicted octanol–water partition coefficient (Wildman–Crippen LogP) is 1.33. The Morgan fingerprint density at radius 3 is 2.88 bits per heavy atom. The van der Waals surface area contributed by atoms with Crippen LogP contribution in [-0.4, -0.2) is 42.1 Å². The fraction of sp³-hybridized carbons (Fsp3) is 0.667. The highest BCUT2D eigenvalue weighted by molar-refractivity contribution is 5.46. The number of aryl methyl sites for hydroxylation is 1. The van der Waals surface area contributed by atoms with Gasteiger partial charge in [-0.2, -0.15) is 0 Å². The van der Waals surface area contributed by atoms with E-state index in [1.165, 1.54) is 24.1 Å². The second-order valence-corrected chi connectivity index (χ2v) is 4.58. The van der Waals surface area contributed by atoms with Gasteiger partial charge in [-0.1, -0.05) is 0 Å². The van der Waals surface area contributed by atoms with Crippen LogP contribution in [0.25, 0.3) is 0 Å². The van der Waals surface area contributed by atoms with Crippen molar-refractivity contribution in [3.8, 4) is 0 Å². The Kier molecular flexibility index (Phi) is 3.72. The number of nitrogens with one attached hydrogen (secondary N) is 1. The summed E-state index contributed by atoms with van der Waals surface area (Å²) in [6.45, 7) is 1.97. The highest BCUT2D eigenvalue weighted by atomic mass is 15.1. The number of hydrogen-bond acceptors (Lipinski definition) is 4. The zero-order valence-electron chi connectivity index (χ0n) is 10.2. The maximum atomic E-state index is 4.36. The van der Waals surface area contributed by atoms with Crippen molar-refractivity contribution in [2.75, 3.05) is 32.5 Å². The number of nitrogens with zero attached hydrogens (tertiary/aromatic N) is 3. The van der Waals surface area contributed by atoms with Crippen LogP contribution in [0, 0.1) is 0 Å². The molecule has 0 saturated heterocycles. The minimum absolute atomic E-state index is 0.941. The minimum atomic E-state index is 0.941. The van der Waals surface area contributed by atoms with Gasteiger partial charge in [0.25, 0.3) is 0 Å². The first-order valence-corrected chi connectivity index (χ1v) is 5.98. The molecule has 0 saturated carbocycles. The molecule has 0 aromatic carbocycles. The van der Waals surface area contributed by atoms with E-state index >= 15 is 0 Å². The summed E-state index contributed by atoms with van der Waals surface area (Å²) in [5.41, 5.74) is 2.58. The summed E-state index contributed by atoms with van der Waals surface area (Å²) in [5.74, 6) is 1.05. The maximum Gasteiger partial charge on any atom is 0.132 e. The van der Waals surface area contributed by atoms with Gasteiger partial charge < -0.3 is 10.2 Å². The third kappa shape index (κ3) is 2.70. The Balaban J connectivity index is 2.03. The van der Waals surface area contributed by atoms with Crippen LogP contribution in [0.2, 0.25) is 0 Å². The molecule has 0 fully saturated rings. The van der Waals surface area contributed by atoms with E-state index in [9.17, 15) is 0 Å². The molecule has 4 heteroatoms. The highest BCUT2D eigenvalue weighted by Gasteiger charge is 2.14. The smallest absolute Gasteiger partial charge is 0.132 e. The summed E-state index contributed by atoms with van der Waals surface area (Å²) in [4.78, 5) is 10.9. The molecule has 0 spiro atoms. The van der Waals surface area contributed by atoms with E-state index in [1.54, 1.807) is 6.33 Å². The van der Waals surface area contributed by atoms with Gasteiger partial charge in [0.05, 0.1) is 0 Å². The van der Waals surface area contributed by atoms with Crippen molar-refractivity contribution >= 4 is 5.82 Å². The lowest BCUT2D eigenvalue weighted by molar-refractivity contribution is 0.425. The molecule has 16 heavy (non-hydrogen) atoms. The van der Waals surface area contributed by atoms with Gasteiger partial charge in [0, 0.05) is 24.3 Å². The van der Waals surface area contributed by atoms with Gasteiger partial charge in [-0.3, -0.25) is 0 Å². The Morgan fingerprint density at radius 1 is 1.25 bits per heavy atom. The van der Waals surface area contributed by atoms with E-state index in [4.69, 9.17) is 0 Å². The molecule has 4 nitrogen and oxygen atoms in total. The van der Waals surface area contributed by atoms with Crippen LogP contribution in [0.4, 0.5) is 5.82 Å². The lowest BCUT2D eigenvalue weighted by Gasteiger charge is -2.18. The van der Waals surface area contributed by atoms with Crippen LogP contribution in [0.5, 0.6) is 0 Å². The van der Waals surface area contributed by atoms with Gasteiger partial charge in [-0.05, 0) is 39.8 Å². The quantitative estimate of drug-likeness (QED) is 0.831. The van der Waals surface area contributed by atoms with E-state index in [2.05, 4.69) is 34.3 Å². The van der Waals surface area contributed by atoms with Crippen molar-refractivity contribution in [1.29, 1.82) is 0 Å². The molecule has 0 amide bonds. The maximum absolute atomic E-state index is 4.36. The first-order valence-electron chi connectivity index (χ1n) is 5.98. The Labute approximate surface area is 97.1 Å². The van der Waals surface area contributed by atoms with Gasteiger partial charge in [0.2, 0.25) is 0 Å². The zero-order valence-corrected chi connectivity index (χ0v) is 10.2. The predicted molar refractivity (Wildman–Crippen MR) is 65.7 cm³/mol. The van der Waals surface area contributed by atoms with Gasteiger partial charge in [-0.25, -0.2) is 9.97 Å². The molecule has 88 valence electrons. The average molecular weight is 220 g/mol. The molecular weight excluding hydrogens is 200 g/mol. The summed E-state index contributed by atoms with van der Waals surface area (Å²) in [6, 6.07) is 0. The lowest BCUT2D eigenvalue weighted by atomic mass is 9.96. The topological polar surface area (TPSA) is 41.0 Å². The second kappa shape index (κ2) is 5.25. The van der Waals surface area contributed by atoms with Crippen LogP contribution in [-0.2, 0) is 12.8 Å². The standard InChI is InChI=1S/C12H20N4/c1-16(2)8-7-13-12-10-5-3-4-6-11(10)14-9-15-12/h9H,3-8H2,1-2H3,(H,13,14,15). The Hall–Kier alpha value is -1.16. The van der Waals surface area contributed by atoms with Crippen molar-refractivity contribution in [2.24, 2.45) is 0 Å². The number of hydrogen-bond donors (Lipinski definition) is 1. The van der Waals surface area contributed by atoms with Crippen LogP contribution >= 0.6 is 0 Å². The third-order valence-corrected chi connectivity index (χ3v) is 2.98. The second-order valence-electron chi connectivity index (χ2n) is 4.58.